The average molecular weight is 429 g/mol. The molecule has 0 spiro atoms. The van der Waals surface area contributed by atoms with Crippen LogP contribution in [0.4, 0.5) is 5.00 Å². The first-order valence-corrected chi connectivity index (χ1v) is 9.94. The topological polar surface area (TPSA) is 59.3 Å². The van der Waals surface area contributed by atoms with Crippen molar-refractivity contribution in [2.24, 2.45) is 0 Å². The number of carbonyl (C=O) groups excluding carboxylic acids is 2. The molecule has 2 aromatic heterocycles. The van der Waals surface area contributed by atoms with Crippen LogP contribution in [0.15, 0.2) is 24.4 Å². The van der Waals surface area contributed by atoms with Crippen molar-refractivity contribution >= 4 is 39.8 Å². The Morgan fingerprint density at radius 1 is 1.30 bits per heavy atom. The number of pyridine rings is 1. The van der Waals surface area contributed by atoms with E-state index in [-0.39, 0.29) is 36.9 Å². The number of rotatable bonds is 5. The molecule has 27 heavy (non-hydrogen) atoms. The van der Waals surface area contributed by atoms with Crippen molar-refractivity contribution in [3.05, 3.63) is 45.6 Å². The maximum absolute atomic E-state index is 12.6. The Labute approximate surface area is 174 Å². The molecule has 2 aromatic rings. The number of halogens is 2. The molecule has 2 heterocycles. The quantitative estimate of drug-likeness (QED) is 0.434. The van der Waals surface area contributed by atoms with Crippen molar-refractivity contribution in [1.82, 2.24) is 0 Å². The fraction of sp³-hybridized carbons (Fsp3) is 0.421. The van der Waals surface area contributed by atoms with E-state index in [1.165, 1.54) is 16.2 Å². The summed E-state index contributed by atoms with van der Waals surface area (Å²) in [6.07, 6.45) is 5.49. The van der Waals surface area contributed by atoms with Gasteiger partial charge in [-0.1, -0.05) is 0 Å². The molecule has 146 valence electrons. The van der Waals surface area contributed by atoms with E-state index in [1.807, 2.05) is 26.0 Å². The number of thiophene rings is 1. The lowest BCUT2D eigenvalue weighted by Crippen LogP contribution is -3.00. The number of nitrogens with zero attached hydrogens (tertiary/aromatic N) is 1. The van der Waals surface area contributed by atoms with Gasteiger partial charge in [0.05, 0.1) is 11.7 Å². The number of aromatic nitrogens is 1. The summed E-state index contributed by atoms with van der Waals surface area (Å²) < 4.78 is 7.06. The number of carbonyl (C=O) groups is 2. The maximum Gasteiger partial charge on any atom is 0.341 e. The summed E-state index contributed by atoms with van der Waals surface area (Å²) in [7, 11) is 0. The molecular weight excluding hydrogens is 407 g/mol. The smallest absolute Gasteiger partial charge is 0.341 e. The zero-order valence-electron chi connectivity index (χ0n) is 15.3. The van der Waals surface area contributed by atoms with Crippen LogP contribution < -0.4 is 22.3 Å². The van der Waals surface area contributed by atoms with Gasteiger partial charge in [-0.3, -0.25) is 4.79 Å². The average Bonchev–Trinajstić information content (AvgIpc) is 2.94. The monoisotopic (exact) mass is 428 g/mol. The molecule has 0 saturated heterocycles. The predicted octanol–water partition coefficient (Wildman–Crippen LogP) is 0.776. The van der Waals surface area contributed by atoms with Gasteiger partial charge in [-0.15, -0.1) is 11.3 Å². The molecule has 1 N–H and O–H groups in total. The molecule has 1 amide bonds. The molecule has 1 aliphatic rings. The van der Waals surface area contributed by atoms with Crippen LogP contribution in [-0.2, 0) is 28.9 Å². The van der Waals surface area contributed by atoms with Crippen LogP contribution >= 0.6 is 22.9 Å². The third-order valence-electron chi connectivity index (χ3n) is 4.17. The van der Waals surface area contributed by atoms with Crippen LogP contribution in [-0.4, -0.2) is 18.0 Å². The van der Waals surface area contributed by atoms with E-state index in [2.05, 4.69) is 5.32 Å². The third-order valence-corrected chi connectivity index (χ3v) is 5.72. The number of hydrogen-bond donors (Lipinski definition) is 1. The molecule has 1 aliphatic carbocycles. The number of nitrogens with one attached hydrogen (secondary N) is 1. The van der Waals surface area contributed by atoms with Crippen LogP contribution in [0.5, 0.6) is 0 Å². The molecule has 5 nitrogen and oxygen atoms in total. The molecule has 0 aromatic carbocycles. The highest BCUT2D eigenvalue weighted by atomic mass is 35.5. The number of ether oxygens (including phenoxy) is 1. The molecule has 0 fully saturated rings. The fourth-order valence-corrected chi connectivity index (χ4v) is 4.53. The van der Waals surface area contributed by atoms with Gasteiger partial charge in [0.1, 0.15) is 5.00 Å². The van der Waals surface area contributed by atoms with Crippen molar-refractivity contribution in [1.29, 1.82) is 0 Å². The number of aryl methyl sites for hydroxylation is 1. The number of esters is 1. The molecular formula is C19H22Cl2N2O3S. The van der Waals surface area contributed by atoms with Crippen molar-refractivity contribution in [2.45, 2.75) is 52.2 Å². The normalized spacial score (nSPS) is 12.9. The van der Waals surface area contributed by atoms with Gasteiger partial charge in [0.15, 0.2) is 6.20 Å². The molecule has 0 radical (unpaired) electrons. The highest BCUT2D eigenvalue weighted by molar-refractivity contribution is 7.17. The zero-order chi connectivity index (χ0) is 18.7. The minimum atomic E-state index is -0.361. The SMILES string of the molecule is CC(C)OC(=O)c1c(NC(=O)C[n+]2ccccc2Cl)sc2c1CCCC2.[Cl-]. The second-order valence-electron chi connectivity index (χ2n) is 6.57. The first kappa shape index (κ1) is 21.7. The first-order valence-electron chi connectivity index (χ1n) is 8.75. The van der Waals surface area contributed by atoms with E-state index in [1.54, 1.807) is 16.8 Å². The summed E-state index contributed by atoms with van der Waals surface area (Å²) in [6, 6.07) is 5.35. The number of amides is 1. The van der Waals surface area contributed by atoms with Gasteiger partial charge in [0.2, 0.25) is 6.54 Å². The van der Waals surface area contributed by atoms with Gasteiger partial charge < -0.3 is 22.5 Å². The number of hydrogen-bond acceptors (Lipinski definition) is 4. The molecule has 0 atom stereocenters. The van der Waals surface area contributed by atoms with E-state index in [9.17, 15) is 9.59 Å². The minimum absolute atomic E-state index is 0. The molecule has 0 saturated carbocycles. The van der Waals surface area contributed by atoms with E-state index < -0.39 is 0 Å². The van der Waals surface area contributed by atoms with E-state index >= 15 is 0 Å². The highest BCUT2D eigenvalue weighted by Gasteiger charge is 2.28. The lowest BCUT2D eigenvalue weighted by Gasteiger charge is -2.14. The lowest BCUT2D eigenvalue weighted by molar-refractivity contribution is -0.681. The third kappa shape index (κ3) is 5.21. The molecule has 8 heteroatoms. The maximum atomic E-state index is 12.6. The van der Waals surface area contributed by atoms with Crippen molar-refractivity contribution in [2.75, 3.05) is 5.32 Å². The Kier molecular flexibility index (Phi) is 7.65. The first-order chi connectivity index (χ1) is 12.5. The van der Waals surface area contributed by atoms with Crippen LogP contribution in [0.3, 0.4) is 0 Å². The van der Waals surface area contributed by atoms with Crippen molar-refractivity contribution in [3.63, 3.8) is 0 Å². The van der Waals surface area contributed by atoms with Crippen LogP contribution in [0, 0.1) is 0 Å². The van der Waals surface area contributed by atoms with Gasteiger partial charge in [-0.25, -0.2) is 4.79 Å². The number of anilines is 1. The molecule has 0 unspecified atom stereocenters. The summed E-state index contributed by atoms with van der Waals surface area (Å²) in [5.41, 5.74) is 1.56. The summed E-state index contributed by atoms with van der Waals surface area (Å²) in [4.78, 5) is 26.3. The van der Waals surface area contributed by atoms with Gasteiger partial charge in [-0.05, 0) is 62.8 Å². The Bertz CT molecular complexity index is 836. The Morgan fingerprint density at radius 3 is 2.74 bits per heavy atom. The van der Waals surface area contributed by atoms with Gasteiger partial charge in [-0.2, -0.15) is 4.57 Å². The summed E-state index contributed by atoms with van der Waals surface area (Å²) in [5, 5.41) is 3.96. The summed E-state index contributed by atoms with van der Waals surface area (Å²) >= 11 is 7.59. The van der Waals surface area contributed by atoms with Crippen molar-refractivity contribution < 1.29 is 31.3 Å². The van der Waals surface area contributed by atoms with Crippen LogP contribution in [0.25, 0.3) is 0 Å². The van der Waals surface area contributed by atoms with Crippen LogP contribution in [0.1, 0.15) is 47.5 Å². The molecule has 0 bridgehead atoms. The van der Waals surface area contributed by atoms with Gasteiger partial charge in [0.25, 0.3) is 11.1 Å². The van der Waals surface area contributed by atoms with Crippen LogP contribution in [0.2, 0.25) is 5.15 Å². The van der Waals surface area contributed by atoms with E-state index in [4.69, 9.17) is 16.3 Å². The molecule has 0 aliphatic heterocycles. The van der Waals surface area contributed by atoms with E-state index in [0.29, 0.717) is 15.7 Å². The Hall–Kier alpha value is -1.63. The Balaban J connectivity index is 0.00000261. The number of fused-ring (bicyclic) bond motifs is 1. The predicted molar refractivity (Wildman–Crippen MR) is 102 cm³/mol. The summed E-state index contributed by atoms with van der Waals surface area (Å²) in [5.74, 6) is -0.583. The van der Waals surface area contributed by atoms with Gasteiger partial charge >= 0.3 is 5.97 Å². The fourth-order valence-electron chi connectivity index (χ4n) is 3.05. The second kappa shape index (κ2) is 9.53. The van der Waals surface area contributed by atoms with Crippen molar-refractivity contribution in [3.8, 4) is 0 Å². The summed E-state index contributed by atoms with van der Waals surface area (Å²) in [6.45, 7) is 3.73. The second-order valence-corrected chi connectivity index (χ2v) is 8.06. The lowest BCUT2D eigenvalue weighted by atomic mass is 9.95. The van der Waals surface area contributed by atoms with E-state index in [0.717, 1.165) is 31.2 Å². The van der Waals surface area contributed by atoms with Gasteiger partial charge in [0, 0.05) is 17.0 Å². The largest absolute Gasteiger partial charge is 1.00 e. The highest BCUT2D eigenvalue weighted by Crippen LogP contribution is 2.38. The molecule has 3 rings (SSSR count). The standard InChI is InChI=1S/C19H21ClN2O3S.ClH/c1-12(2)25-19(24)17-13-7-3-4-8-14(13)26-18(17)21-16(23)11-22-10-6-5-9-15(22)20;/h5-6,9-10,12H,3-4,7-8,11H2,1-2H3;1H. The zero-order valence-corrected chi connectivity index (χ0v) is 17.6. The Morgan fingerprint density at radius 2 is 2.04 bits per heavy atom. The minimum Gasteiger partial charge on any atom is -1.00 e.